The number of benzene rings is 2. The summed E-state index contributed by atoms with van der Waals surface area (Å²) in [6.07, 6.45) is 4.64. The minimum Gasteiger partial charge on any atom is -0.358 e. The Morgan fingerprint density at radius 1 is 0.966 bits per heavy atom. The van der Waals surface area contributed by atoms with Crippen molar-refractivity contribution >= 4 is 22.7 Å². The van der Waals surface area contributed by atoms with E-state index in [9.17, 15) is 14.0 Å². The topological polar surface area (TPSA) is 74.0 Å². The van der Waals surface area contributed by atoms with Crippen LogP contribution in [-0.2, 0) is 24.1 Å². The van der Waals surface area contributed by atoms with Crippen molar-refractivity contribution in [3.8, 4) is 0 Å². The van der Waals surface area contributed by atoms with Crippen LogP contribution in [-0.4, -0.2) is 29.9 Å². The molecule has 3 N–H and O–H groups in total. The first kappa shape index (κ1) is 19.2. The first-order chi connectivity index (χ1) is 14.1. The van der Waals surface area contributed by atoms with Gasteiger partial charge in [0.15, 0.2) is 0 Å². The van der Waals surface area contributed by atoms with Gasteiger partial charge in [-0.25, -0.2) is 4.39 Å². The molecule has 0 saturated carbocycles. The number of amides is 2. The van der Waals surface area contributed by atoms with Crippen molar-refractivity contribution in [1.82, 2.24) is 15.6 Å². The molecule has 4 rings (SSSR count). The van der Waals surface area contributed by atoms with Crippen LogP contribution >= 0.6 is 0 Å². The van der Waals surface area contributed by atoms with Crippen molar-refractivity contribution in [2.75, 3.05) is 13.1 Å². The molecule has 0 radical (unpaired) electrons. The minimum atomic E-state index is -0.324. The van der Waals surface area contributed by atoms with Crippen LogP contribution in [0.5, 0.6) is 0 Å². The van der Waals surface area contributed by atoms with Crippen molar-refractivity contribution in [2.24, 2.45) is 0 Å². The van der Waals surface area contributed by atoms with Crippen LogP contribution in [0.15, 0.2) is 42.5 Å². The second-order valence-corrected chi connectivity index (χ2v) is 7.43. The SMILES string of the molecule is O=C(Cc1ccc(F)cc1)NCCNC(=O)c1cccc2c3c([nH]c12)CCCC3. The summed E-state index contributed by atoms with van der Waals surface area (Å²) in [7, 11) is 0. The maximum Gasteiger partial charge on any atom is 0.253 e. The van der Waals surface area contributed by atoms with Gasteiger partial charge in [0.05, 0.1) is 17.5 Å². The predicted octanol–water partition coefficient (Wildman–Crippen LogP) is 3.27. The molecule has 0 fully saturated rings. The van der Waals surface area contributed by atoms with Gasteiger partial charge in [-0.2, -0.15) is 0 Å². The molecule has 0 spiro atoms. The Morgan fingerprint density at radius 3 is 2.55 bits per heavy atom. The van der Waals surface area contributed by atoms with E-state index in [4.69, 9.17) is 0 Å². The second-order valence-electron chi connectivity index (χ2n) is 7.43. The lowest BCUT2D eigenvalue weighted by atomic mass is 9.95. The molecule has 1 aromatic heterocycles. The van der Waals surface area contributed by atoms with Crippen LogP contribution in [0.2, 0.25) is 0 Å². The van der Waals surface area contributed by atoms with Crippen molar-refractivity contribution in [3.05, 3.63) is 70.7 Å². The summed E-state index contributed by atoms with van der Waals surface area (Å²) >= 11 is 0. The van der Waals surface area contributed by atoms with Gasteiger partial charge in [0.2, 0.25) is 5.91 Å². The Bertz CT molecular complexity index is 1040. The fraction of sp³-hybridized carbons (Fsp3) is 0.304. The van der Waals surface area contributed by atoms with Crippen molar-refractivity contribution in [3.63, 3.8) is 0 Å². The number of nitrogens with one attached hydrogen (secondary N) is 3. The molecule has 0 aliphatic heterocycles. The molecule has 6 heteroatoms. The third kappa shape index (κ3) is 4.31. The number of carbonyl (C=O) groups is 2. The van der Waals surface area contributed by atoms with Crippen LogP contribution in [0, 0.1) is 5.82 Å². The Labute approximate surface area is 168 Å². The Morgan fingerprint density at radius 2 is 1.72 bits per heavy atom. The van der Waals surface area contributed by atoms with Gasteiger partial charge in [0.1, 0.15) is 5.82 Å². The predicted molar refractivity (Wildman–Crippen MR) is 110 cm³/mol. The van der Waals surface area contributed by atoms with Crippen molar-refractivity contribution < 1.29 is 14.0 Å². The minimum absolute atomic E-state index is 0.151. The van der Waals surface area contributed by atoms with E-state index >= 15 is 0 Å². The first-order valence-corrected chi connectivity index (χ1v) is 10.0. The molecular weight excluding hydrogens is 369 g/mol. The number of hydrogen-bond acceptors (Lipinski definition) is 2. The number of halogens is 1. The number of para-hydroxylation sites is 1. The van der Waals surface area contributed by atoms with Crippen molar-refractivity contribution in [2.45, 2.75) is 32.1 Å². The number of aryl methyl sites for hydroxylation is 2. The van der Waals surface area contributed by atoms with Crippen molar-refractivity contribution in [1.29, 1.82) is 0 Å². The van der Waals surface area contributed by atoms with Gasteiger partial charge in [-0.15, -0.1) is 0 Å². The third-order valence-corrected chi connectivity index (χ3v) is 5.39. The highest BCUT2D eigenvalue weighted by Gasteiger charge is 2.19. The average Bonchev–Trinajstić information content (AvgIpc) is 3.11. The van der Waals surface area contributed by atoms with Gasteiger partial charge in [-0.1, -0.05) is 24.3 Å². The van der Waals surface area contributed by atoms with Crippen LogP contribution in [0.25, 0.3) is 10.9 Å². The summed E-state index contributed by atoms with van der Waals surface area (Å²) < 4.78 is 12.9. The standard InChI is InChI=1S/C23H24FN3O2/c24-16-10-8-15(9-11-16)14-21(28)25-12-13-26-23(29)19-6-3-5-18-17-4-1-2-7-20(17)27-22(18)19/h3,5-6,8-11,27H,1-2,4,7,12-14H2,(H,25,28)(H,26,29). The summed E-state index contributed by atoms with van der Waals surface area (Å²) in [5.41, 5.74) is 4.87. The lowest BCUT2D eigenvalue weighted by Crippen LogP contribution is -2.35. The molecule has 0 atom stereocenters. The molecule has 0 bridgehead atoms. The highest BCUT2D eigenvalue weighted by atomic mass is 19.1. The lowest BCUT2D eigenvalue weighted by Gasteiger charge is -2.10. The first-order valence-electron chi connectivity index (χ1n) is 10.0. The number of hydrogen-bond donors (Lipinski definition) is 3. The fourth-order valence-electron chi connectivity index (χ4n) is 3.94. The van der Waals surface area contributed by atoms with E-state index in [2.05, 4.69) is 21.7 Å². The Kier molecular flexibility index (Phi) is 5.60. The van der Waals surface area contributed by atoms with Gasteiger partial charge < -0.3 is 15.6 Å². The number of H-pyrrole nitrogens is 1. The van der Waals surface area contributed by atoms with E-state index in [0.717, 1.165) is 29.3 Å². The van der Waals surface area contributed by atoms with E-state index in [1.54, 1.807) is 12.1 Å². The van der Waals surface area contributed by atoms with E-state index in [1.165, 1.54) is 36.2 Å². The van der Waals surface area contributed by atoms with E-state index in [0.29, 0.717) is 18.7 Å². The molecule has 0 saturated heterocycles. The molecule has 1 aliphatic carbocycles. The number of rotatable bonds is 6. The molecule has 2 aromatic carbocycles. The molecule has 150 valence electrons. The molecular formula is C23H24FN3O2. The largest absolute Gasteiger partial charge is 0.358 e. The lowest BCUT2D eigenvalue weighted by molar-refractivity contribution is -0.120. The smallest absolute Gasteiger partial charge is 0.253 e. The maximum atomic E-state index is 12.9. The van der Waals surface area contributed by atoms with Gasteiger partial charge in [-0.05, 0) is 55.0 Å². The molecule has 3 aromatic rings. The maximum absolute atomic E-state index is 12.9. The van der Waals surface area contributed by atoms with Crippen LogP contribution in [0.4, 0.5) is 4.39 Å². The Hall–Kier alpha value is -3.15. The number of aromatic amines is 1. The summed E-state index contributed by atoms with van der Waals surface area (Å²) in [6.45, 7) is 0.674. The van der Waals surface area contributed by atoms with E-state index in [-0.39, 0.29) is 24.1 Å². The zero-order chi connectivity index (χ0) is 20.2. The molecule has 1 aliphatic rings. The molecule has 5 nitrogen and oxygen atoms in total. The van der Waals surface area contributed by atoms with E-state index in [1.807, 2.05) is 12.1 Å². The molecule has 29 heavy (non-hydrogen) atoms. The van der Waals surface area contributed by atoms with Crippen LogP contribution < -0.4 is 10.6 Å². The monoisotopic (exact) mass is 393 g/mol. The average molecular weight is 393 g/mol. The molecule has 1 heterocycles. The van der Waals surface area contributed by atoms with Gasteiger partial charge in [-0.3, -0.25) is 9.59 Å². The number of aromatic nitrogens is 1. The summed E-state index contributed by atoms with van der Waals surface area (Å²) in [4.78, 5) is 28.1. The van der Waals surface area contributed by atoms with Gasteiger partial charge >= 0.3 is 0 Å². The van der Waals surface area contributed by atoms with Crippen LogP contribution in [0.3, 0.4) is 0 Å². The van der Waals surface area contributed by atoms with Gasteiger partial charge in [0.25, 0.3) is 5.91 Å². The molecule has 0 unspecified atom stereocenters. The summed E-state index contributed by atoms with van der Waals surface area (Å²) in [5.74, 6) is -0.637. The van der Waals surface area contributed by atoms with E-state index < -0.39 is 0 Å². The third-order valence-electron chi connectivity index (χ3n) is 5.39. The fourth-order valence-corrected chi connectivity index (χ4v) is 3.94. The van der Waals surface area contributed by atoms with Gasteiger partial charge in [0, 0.05) is 24.2 Å². The van der Waals surface area contributed by atoms with Crippen LogP contribution in [0.1, 0.15) is 40.0 Å². The number of fused-ring (bicyclic) bond motifs is 3. The summed E-state index contributed by atoms with van der Waals surface area (Å²) in [6, 6.07) is 11.7. The molecule has 2 amide bonds. The number of carbonyl (C=O) groups excluding carboxylic acids is 2. The zero-order valence-corrected chi connectivity index (χ0v) is 16.2. The highest BCUT2D eigenvalue weighted by Crippen LogP contribution is 2.30. The zero-order valence-electron chi connectivity index (χ0n) is 16.2. The Balaban J connectivity index is 1.31. The highest BCUT2D eigenvalue weighted by molar-refractivity contribution is 6.06. The quantitative estimate of drug-likeness (QED) is 0.563. The normalized spacial score (nSPS) is 13.1. The second kappa shape index (κ2) is 8.47. The summed E-state index contributed by atoms with van der Waals surface area (Å²) in [5, 5.41) is 6.79.